The maximum absolute atomic E-state index is 13.0. The van der Waals surface area contributed by atoms with Gasteiger partial charge < -0.3 is 9.64 Å². The predicted molar refractivity (Wildman–Crippen MR) is 166 cm³/mol. The number of ether oxygens (including phenoxy) is 1. The molecule has 8 heteroatoms. The molecule has 226 valence electrons. The second-order valence-corrected chi connectivity index (χ2v) is 14.5. The maximum Gasteiger partial charge on any atom is 0.255 e. The van der Waals surface area contributed by atoms with Crippen LogP contribution in [0.1, 0.15) is 80.3 Å². The third-order valence-electron chi connectivity index (χ3n) is 10.4. The van der Waals surface area contributed by atoms with Crippen LogP contribution in [-0.2, 0) is 16.1 Å². The van der Waals surface area contributed by atoms with Crippen LogP contribution in [-0.4, -0.2) is 59.3 Å². The Morgan fingerprint density at radius 1 is 1.00 bits per heavy atom. The van der Waals surface area contributed by atoms with Crippen LogP contribution in [0.25, 0.3) is 5.57 Å². The number of imide groups is 1. The molecular formula is C35H40ClN3O4. The molecule has 2 saturated heterocycles. The molecule has 7 nitrogen and oxygen atoms in total. The number of carbonyl (C=O) groups is 3. The van der Waals surface area contributed by atoms with E-state index in [2.05, 4.69) is 36.2 Å². The standard InChI is InChI=1S/C35H40ClN3O4/c1-35(2)12-11-22(30(16-35)21-3-5-26(36)6-4-21)17-38-18-23-13-28(14-24(23)19-38)43-27-7-8-29-25(15-27)20-39(34(29)42)31-9-10-32(40)37-33(31)41/h3-8,15,23-24,28,31H,9-14,16-20H2,1-2H3,(H,37,40,41)/t23-,24+,28?,31?. The Balaban J connectivity index is 0.968. The van der Waals surface area contributed by atoms with Crippen molar-refractivity contribution in [3.8, 4) is 5.75 Å². The number of amides is 3. The van der Waals surface area contributed by atoms with Gasteiger partial charge in [-0.3, -0.25) is 24.6 Å². The highest BCUT2D eigenvalue weighted by Crippen LogP contribution is 2.45. The lowest BCUT2D eigenvalue weighted by Crippen LogP contribution is -2.52. The van der Waals surface area contributed by atoms with Gasteiger partial charge in [-0.05, 0) is 103 Å². The lowest BCUT2D eigenvalue weighted by molar-refractivity contribution is -0.136. The number of halogens is 1. The van der Waals surface area contributed by atoms with Crippen molar-refractivity contribution >= 4 is 34.9 Å². The van der Waals surface area contributed by atoms with E-state index in [1.807, 2.05) is 30.3 Å². The van der Waals surface area contributed by atoms with Crippen molar-refractivity contribution < 1.29 is 19.1 Å². The monoisotopic (exact) mass is 601 g/mol. The smallest absolute Gasteiger partial charge is 0.255 e. The second kappa shape index (κ2) is 11.1. The molecule has 2 unspecified atom stereocenters. The number of allylic oxidation sites excluding steroid dienone is 1. The van der Waals surface area contributed by atoms with Crippen molar-refractivity contribution in [1.82, 2.24) is 15.1 Å². The van der Waals surface area contributed by atoms with E-state index in [9.17, 15) is 14.4 Å². The normalized spacial score (nSPS) is 28.7. The fourth-order valence-corrected chi connectivity index (χ4v) is 8.24. The van der Waals surface area contributed by atoms with E-state index in [-0.39, 0.29) is 30.2 Å². The minimum absolute atomic E-state index is 0.151. The summed E-state index contributed by atoms with van der Waals surface area (Å²) in [5.74, 6) is 1.27. The first-order valence-corrected chi connectivity index (χ1v) is 16.1. The summed E-state index contributed by atoms with van der Waals surface area (Å²) in [5.41, 5.74) is 6.24. The quantitative estimate of drug-likeness (QED) is 0.420. The van der Waals surface area contributed by atoms with E-state index in [1.165, 1.54) is 17.6 Å². The number of nitrogens with zero attached hydrogens (tertiary/aromatic N) is 2. The van der Waals surface area contributed by atoms with Crippen LogP contribution in [0.4, 0.5) is 0 Å². The Bertz CT molecular complexity index is 1480. The van der Waals surface area contributed by atoms with Gasteiger partial charge in [0.2, 0.25) is 11.8 Å². The van der Waals surface area contributed by atoms with Gasteiger partial charge in [-0.1, -0.05) is 43.2 Å². The predicted octanol–water partition coefficient (Wildman–Crippen LogP) is 5.85. The Morgan fingerprint density at radius 2 is 1.74 bits per heavy atom. The van der Waals surface area contributed by atoms with Crippen LogP contribution in [0.3, 0.4) is 0 Å². The number of likely N-dealkylation sites (tertiary alicyclic amines) is 1. The van der Waals surface area contributed by atoms with Crippen molar-refractivity contribution in [1.29, 1.82) is 0 Å². The first-order chi connectivity index (χ1) is 20.6. The topological polar surface area (TPSA) is 79.0 Å². The highest BCUT2D eigenvalue weighted by Gasteiger charge is 2.43. The Kier molecular flexibility index (Phi) is 7.37. The summed E-state index contributed by atoms with van der Waals surface area (Å²) in [5, 5.41) is 3.15. The van der Waals surface area contributed by atoms with Crippen LogP contribution in [0.5, 0.6) is 5.75 Å². The number of hydrogen-bond acceptors (Lipinski definition) is 5. The van der Waals surface area contributed by atoms with Gasteiger partial charge in [-0.2, -0.15) is 0 Å². The van der Waals surface area contributed by atoms with E-state index in [0.717, 1.165) is 61.7 Å². The largest absolute Gasteiger partial charge is 0.490 e. The van der Waals surface area contributed by atoms with Crippen LogP contribution in [0.2, 0.25) is 5.02 Å². The molecule has 7 rings (SSSR count). The van der Waals surface area contributed by atoms with Crippen molar-refractivity contribution in [2.24, 2.45) is 17.3 Å². The second-order valence-electron chi connectivity index (χ2n) is 14.1. The summed E-state index contributed by atoms with van der Waals surface area (Å²) in [6.45, 7) is 8.42. The summed E-state index contributed by atoms with van der Waals surface area (Å²) in [6.07, 6.45) is 6.40. The molecule has 1 saturated carbocycles. The molecule has 3 aliphatic heterocycles. The molecule has 2 aromatic carbocycles. The van der Waals surface area contributed by atoms with Crippen LogP contribution in [0.15, 0.2) is 48.0 Å². The highest BCUT2D eigenvalue weighted by molar-refractivity contribution is 6.30. The number of benzene rings is 2. The Hall–Kier alpha value is -3.16. The summed E-state index contributed by atoms with van der Waals surface area (Å²) >= 11 is 6.20. The van der Waals surface area contributed by atoms with E-state index in [1.54, 1.807) is 10.5 Å². The molecule has 1 N–H and O–H groups in total. The van der Waals surface area contributed by atoms with Gasteiger partial charge in [-0.25, -0.2) is 0 Å². The molecule has 4 atom stereocenters. The van der Waals surface area contributed by atoms with Gasteiger partial charge in [0, 0.05) is 43.2 Å². The highest BCUT2D eigenvalue weighted by atomic mass is 35.5. The average Bonchev–Trinajstić information content (AvgIpc) is 3.61. The number of hydrogen-bond donors (Lipinski definition) is 1. The molecule has 5 aliphatic rings. The Morgan fingerprint density at radius 3 is 2.47 bits per heavy atom. The van der Waals surface area contributed by atoms with Crippen LogP contribution < -0.4 is 10.1 Å². The maximum atomic E-state index is 13.0. The zero-order chi connectivity index (χ0) is 29.9. The Labute approximate surface area is 258 Å². The fourth-order valence-electron chi connectivity index (χ4n) is 8.12. The van der Waals surface area contributed by atoms with Gasteiger partial charge >= 0.3 is 0 Å². The number of piperidine rings is 1. The first kappa shape index (κ1) is 28.6. The summed E-state index contributed by atoms with van der Waals surface area (Å²) in [7, 11) is 0. The zero-order valence-electron chi connectivity index (χ0n) is 25.0. The van der Waals surface area contributed by atoms with Gasteiger partial charge in [0.25, 0.3) is 5.91 Å². The molecule has 2 aliphatic carbocycles. The van der Waals surface area contributed by atoms with Gasteiger partial charge in [-0.15, -0.1) is 0 Å². The minimum Gasteiger partial charge on any atom is -0.490 e. The average molecular weight is 602 g/mol. The molecule has 0 spiro atoms. The number of rotatable bonds is 6. The van der Waals surface area contributed by atoms with Crippen LogP contribution in [0, 0.1) is 17.3 Å². The summed E-state index contributed by atoms with van der Waals surface area (Å²) in [4.78, 5) is 41.2. The van der Waals surface area contributed by atoms with Gasteiger partial charge in [0.15, 0.2) is 0 Å². The van der Waals surface area contributed by atoms with Gasteiger partial charge in [0.05, 0.1) is 6.10 Å². The lowest BCUT2D eigenvalue weighted by atomic mass is 9.72. The molecule has 43 heavy (non-hydrogen) atoms. The van der Waals surface area contributed by atoms with E-state index in [4.69, 9.17) is 16.3 Å². The SMILES string of the molecule is CC1(C)CCC(CN2C[C@H]3CC(Oc4ccc5c(c4)CN(C4CCC(=O)NC4=O)C5=O)C[C@H]3C2)=C(c2ccc(Cl)cc2)C1. The van der Waals surface area contributed by atoms with E-state index in [0.29, 0.717) is 35.8 Å². The number of fused-ring (bicyclic) bond motifs is 2. The van der Waals surface area contributed by atoms with Crippen molar-refractivity contribution in [2.45, 2.75) is 77.5 Å². The van der Waals surface area contributed by atoms with Crippen molar-refractivity contribution in [3.05, 3.63) is 69.8 Å². The number of nitrogens with one attached hydrogen (secondary N) is 1. The molecule has 2 aromatic rings. The van der Waals surface area contributed by atoms with Crippen molar-refractivity contribution in [2.75, 3.05) is 19.6 Å². The third kappa shape index (κ3) is 5.74. The fraction of sp³-hybridized carbons (Fsp3) is 0.514. The molecule has 0 bridgehead atoms. The van der Waals surface area contributed by atoms with Gasteiger partial charge in [0.1, 0.15) is 11.8 Å². The summed E-state index contributed by atoms with van der Waals surface area (Å²) in [6, 6.07) is 13.5. The number of carbonyl (C=O) groups excluding carboxylic acids is 3. The third-order valence-corrected chi connectivity index (χ3v) is 10.6. The molecule has 3 amide bonds. The van der Waals surface area contributed by atoms with E-state index >= 15 is 0 Å². The minimum atomic E-state index is -0.600. The van der Waals surface area contributed by atoms with Crippen molar-refractivity contribution in [3.63, 3.8) is 0 Å². The van der Waals surface area contributed by atoms with Crippen LogP contribution >= 0.6 is 11.6 Å². The lowest BCUT2D eigenvalue weighted by Gasteiger charge is -2.35. The first-order valence-electron chi connectivity index (χ1n) is 15.8. The zero-order valence-corrected chi connectivity index (χ0v) is 25.8. The molecule has 0 aromatic heterocycles. The van der Waals surface area contributed by atoms with E-state index < -0.39 is 6.04 Å². The molecule has 3 heterocycles. The molecule has 3 fully saturated rings. The molecule has 0 radical (unpaired) electrons. The summed E-state index contributed by atoms with van der Waals surface area (Å²) < 4.78 is 6.49. The molecular weight excluding hydrogens is 562 g/mol.